The van der Waals surface area contributed by atoms with Gasteiger partial charge in [-0.2, -0.15) is 18.4 Å². The quantitative estimate of drug-likeness (QED) is 0.336. The molecular formula is C33H38F3N5O2. The van der Waals surface area contributed by atoms with Crippen molar-refractivity contribution >= 4 is 17.6 Å². The molecule has 228 valence electrons. The summed E-state index contributed by atoms with van der Waals surface area (Å²) in [5.41, 5.74) is 0.947. The minimum absolute atomic E-state index is 0.0467. The number of nitrogens with zero attached hydrogens (tertiary/aromatic N) is 4. The normalized spacial score (nSPS) is 19.6. The summed E-state index contributed by atoms with van der Waals surface area (Å²) in [6.45, 7) is 2.40. The molecule has 0 aromatic heterocycles. The second kappa shape index (κ2) is 13.2. The second-order valence-corrected chi connectivity index (χ2v) is 11.9. The standard InChI is InChI=1S/C33H38F3N5O2/c1-39(17-6-10-23-8-3-2-4-9-23)18-7-19-40-22-28-29(31(40)42)30(25-15-13-24(21-37)14-16-25)38-32(43)41(28)27-12-5-11-26(20-27)33(34,35)36/h5,11-16,20,23,30H,2-4,6-10,17-19,22H2,1H3,(H,38,43). The topological polar surface area (TPSA) is 79.7 Å². The van der Waals surface area contributed by atoms with Crippen molar-refractivity contribution in [2.45, 2.75) is 63.6 Å². The van der Waals surface area contributed by atoms with Crippen molar-refractivity contribution < 1.29 is 22.8 Å². The van der Waals surface area contributed by atoms with Crippen LogP contribution in [0.5, 0.6) is 0 Å². The lowest BCUT2D eigenvalue weighted by Gasteiger charge is -2.34. The Hall–Kier alpha value is -3.84. The van der Waals surface area contributed by atoms with Gasteiger partial charge in [0.05, 0.1) is 46.7 Å². The van der Waals surface area contributed by atoms with E-state index in [2.05, 4.69) is 23.3 Å². The predicted molar refractivity (Wildman–Crippen MR) is 158 cm³/mol. The van der Waals surface area contributed by atoms with Gasteiger partial charge in [0, 0.05) is 6.54 Å². The Labute approximate surface area is 250 Å². The lowest BCUT2D eigenvalue weighted by molar-refractivity contribution is -0.137. The lowest BCUT2D eigenvalue weighted by atomic mass is 9.86. The number of anilines is 1. The van der Waals surface area contributed by atoms with Crippen LogP contribution in [0.4, 0.5) is 23.7 Å². The van der Waals surface area contributed by atoms with Crippen LogP contribution in [0.3, 0.4) is 0 Å². The van der Waals surface area contributed by atoms with Gasteiger partial charge in [-0.1, -0.05) is 50.3 Å². The molecule has 1 unspecified atom stereocenters. The lowest BCUT2D eigenvalue weighted by Crippen LogP contribution is -2.47. The van der Waals surface area contributed by atoms with Crippen LogP contribution in [0.25, 0.3) is 0 Å². The Balaban J connectivity index is 1.31. The molecule has 0 saturated heterocycles. The largest absolute Gasteiger partial charge is 0.416 e. The van der Waals surface area contributed by atoms with E-state index in [1.807, 2.05) is 0 Å². The van der Waals surface area contributed by atoms with Gasteiger partial charge in [0.2, 0.25) is 0 Å². The highest BCUT2D eigenvalue weighted by molar-refractivity contribution is 6.07. The maximum Gasteiger partial charge on any atom is 0.416 e. The molecule has 1 fully saturated rings. The van der Waals surface area contributed by atoms with Crippen LogP contribution >= 0.6 is 0 Å². The number of halogens is 3. The maximum atomic E-state index is 13.8. The van der Waals surface area contributed by atoms with Crippen LogP contribution in [0.2, 0.25) is 0 Å². The first-order valence-electron chi connectivity index (χ1n) is 15.1. The number of carbonyl (C=O) groups is 2. The molecule has 2 aromatic carbocycles. The van der Waals surface area contributed by atoms with Crippen molar-refractivity contribution in [2.75, 3.05) is 38.1 Å². The zero-order valence-electron chi connectivity index (χ0n) is 24.5. The van der Waals surface area contributed by atoms with Gasteiger partial charge in [-0.25, -0.2) is 4.79 Å². The average molecular weight is 594 g/mol. The molecule has 5 rings (SSSR count). The third-order valence-corrected chi connectivity index (χ3v) is 8.85. The molecule has 43 heavy (non-hydrogen) atoms. The van der Waals surface area contributed by atoms with Crippen LogP contribution < -0.4 is 10.2 Å². The minimum atomic E-state index is -4.58. The van der Waals surface area contributed by atoms with Gasteiger partial charge in [0.15, 0.2) is 0 Å². The summed E-state index contributed by atoms with van der Waals surface area (Å²) in [7, 11) is 2.09. The number of rotatable bonds is 10. The maximum absolute atomic E-state index is 13.8. The van der Waals surface area contributed by atoms with Crippen LogP contribution in [-0.4, -0.2) is 55.0 Å². The number of amides is 3. The van der Waals surface area contributed by atoms with Gasteiger partial charge < -0.3 is 15.1 Å². The van der Waals surface area contributed by atoms with Gasteiger partial charge in [-0.05, 0) is 81.2 Å². The summed E-state index contributed by atoms with van der Waals surface area (Å²) >= 11 is 0. The van der Waals surface area contributed by atoms with Crippen molar-refractivity contribution in [3.05, 3.63) is 76.5 Å². The number of nitriles is 1. The van der Waals surface area contributed by atoms with E-state index < -0.39 is 23.8 Å². The highest BCUT2D eigenvalue weighted by Gasteiger charge is 2.45. The van der Waals surface area contributed by atoms with Crippen LogP contribution in [0.1, 0.15) is 74.1 Å². The van der Waals surface area contributed by atoms with Crippen LogP contribution in [0.15, 0.2) is 59.8 Å². The predicted octanol–water partition coefficient (Wildman–Crippen LogP) is 6.63. The van der Waals surface area contributed by atoms with Crippen molar-refractivity contribution in [1.82, 2.24) is 15.1 Å². The van der Waals surface area contributed by atoms with Gasteiger partial charge in [-0.15, -0.1) is 0 Å². The molecule has 2 aliphatic heterocycles. The Kier molecular flexibility index (Phi) is 9.40. The first kappa shape index (κ1) is 30.6. The van der Waals surface area contributed by atoms with Gasteiger partial charge >= 0.3 is 12.2 Å². The highest BCUT2D eigenvalue weighted by atomic mass is 19.4. The number of hydrogen-bond acceptors (Lipinski definition) is 4. The zero-order valence-corrected chi connectivity index (χ0v) is 24.5. The monoisotopic (exact) mass is 593 g/mol. The van der Waals surface area contributed by atoms with E-state index in [0.717, 1.165) is 44.0 Å². The molecule has 2 aromatic rings. The molecule has 0 radical (unpaired) electrons. The SMILES string of the molecule is CN(CCCC1CCCCC1)CCCN1CC2=C(C1=O)C(c1ccc(C#N)cc1)NC(=O)N2c1cccc(C(F)(F)F)c1. The highest BCUT2D eigenvalue weighted by Crippen LogP contribution is 2.40. The Morgan fingerprint density at radius 3 is 2.44 bits per heavy atom. The first-order chi connectivity index (χ1) is 20.7. The molecular weight excluding hydrogens is 555 g/mol. The van der Waals surface area contributed by atoms with Crippen molar-refractivity contribution in [1.29, 1.82) is 5.26 Å². The van der Waals surface area contributed by atoms with E-state index >= 15 is 0 Å². The molecule has 2 heterocycles. The fraction of sp³-hybridized carbons (Fsp3) is 0.485. The molecule has 1 saturated carbocycles. The van der Waals surface area contributed by atoms with Crippen LogP contribution in [0, 0.1) is 17.2 Å². The van der Waals surface area contributed by atoms with Crippen molar-refractivity contribution in [2.24, 2.45) is 5.92 Å². The molecule has 10 heteroatoms. The summed E-state index contributed by atoms with van der Waals surface area (Å²) < 4.78 is 40.6. The van der Waals surface area contributed by atoms with Crippen molar-refractivity contribution in [3.8, 4) is 6.07 Å². The Bertz CT molecular complexity index is 1390. The molecule has 3 amide bonds. The molecule has 7 nitrogen and oxygen atoms in total. The summed E-state index contributed by atoms with van der Waals surface area (Å²) in [4.78, 5) is 32.4. The molecule has 0 bridgehead atoms. The van der Waals surface area contributed by atoms with Gasteiger partial charge in [-0.3, -0.25) is 9.69 Å². The third-order valence-electron chi connectivity index (χ3n) is 8.85. The molecule has 0 spiro atoms. The number of urea groups is 1. The van der Waals surface area contributed by atoms with E-state index in [9.17, 15) is 28.0 Å². The number of alkyl halides is 3. The zero-order chi connectivity index (χ0) is 30.6. The summed E-state index contributed by atoms with van der Waals surface area (Å²) in [5, 5.41) is 12.0. The van der Waals surface area contributed by atoms with Gasteiger partial charge in [0.25, 0.3) is 5.91 Å². The first-order valence-corrected chi connectivity index (χ1v) is 15.1. The Morgan fingerprint density at radius 2 is 1.74 bits per heavy atom. The second-order valence-electron chi connectivity index (χ2n) is 11.9. The van der Waals surface area contributed by atoms with E-state index in [0.29, 0.717) is 28.9 Å². The smallest absolute Gasteiger partial charge is 0.333 e. The number of hydrogen-bond donors (Lipinski definition) is 1. The molecule has 3 aliphatic rings. The van der Waals surface area contributed by atoms with E-state index in [4.69, 9.17) is 0 Å². The number of nitrogens with one attached hydrogen (secondary N) is 1. The third kappa shape index (κ3) is 7.04. The van der Waals surface area contributed by atoms with E-state index in [1.54, 1.807) is 29.2 Å². The molecule has 1 atom stereocenters. The molecule has 1 aliphatic carbocycles. The fourth-order valence-electron chi connectivity index (χ4n) is 6.54. The average Bonchev–Trinajstić information content (AvgIpc) is 3.32. The Morgan fingerprint density at radius 1 is 1.02 bits per heavy atom. The summed E-state index contributed by atoms with van der Waals surface area (Å²) in [5.74, 6) is 0.600. The fourth-order valence-corrected chi connectivity index (χ4v) is 6.54. The molecule has 1 N–H and O–H groups in total. The summed E-state index contributed by atoms with van der Waals surface area (Å²) in [6.07, 6.45) is 5.32. The van der Waals surface area contributed by atoms with E-state index in [-0.39, 0.29) is 18.1 Å². The van der Waals surface area contributed by atoms with Crippen molar-refractivity contribution in [3.63, 3.8) is 0 Å². The number of carbonyl (C=O) groups excluding carboxylic acids is 2. The minimum Gasteiger partial charge on any atom is -0.333 e. The van der Waals surface area contributed by atoms with E-state index in [1.165, 1.54) is 55.6 Å². The number of benzene rings is 2. The summed E-state index contributed by atoms with van der Waals surface area (Å²) in [6, 6.07) is 11.9. The van der Waals surface area contributed by atoms with Crippen LogP contribution in [-0.2, 0) is 11.0 Å². The van der Waals surface area contributed by atoms with Gasteiger partial charge in [0.1, 0.15) is 0 Å².